The number of halogens is 5. The molecule has 0 spiro atoms. The lowest BCUT2D eigenvalue weighted by Gasteiger charge is -2.55. The Bertz CT molecular complexity index is 831. The summed E-state index contributed by atoms with van der Waals surface area (Å²) in [5.41, 5.74) is -1.20. The number of carbonyl (C=O) groups is 1. The first-order valence-electron chi connectivity index (χ1n) is 11.0. The third-order valence-corrected chi connectivity index (χ3v) is 8.39. The molecule has 0 radical (unpaired) electrons. The quantitative estimate of drug-likeness (QED) is 0.294. The van der Waals surface area contributed by atoms with Crippen LogP contribution in [0.1, 0.15) is 58.3 Å². The number of rotatable bonds is 7. The summed E-state index contributed by atoms with van der Waals surface area (Å²) in [6.45, 7) is 1.21. The van der Waals surface area contributed by atoms with Crippen LogP contribution in [0.2, 0.25) is 0 Å². The summed E-state index contributed by atoms with van der Waals surface area (Å²) in [6.07, 6.45) is -5.60. The van der Waals surface area contributed by atoms with Gasteiger partial charge in [0.2, 0.25) is 0 Å². The third-order valence-electron chi connectivity index (χ3n) is 7.11. The molecule has 5 rings (SSSR count). The highest BCUT2D eigenvalue weighted by Crippen LogP contribution is 2.57. The van der Waals surface area contributed by atoms with Gasteiger partial charge in [-0.3, -0.25) is 4.18 Å². The molecule has 0 amide bonds. The summed E-state index contributed by atoms with van der Waals surface area (Å²) in [5.74, 6) is -3.67. The normalized spacial score (nSPS) is 34.8. The smallest absolute Gasteiger partial charge is 0.454 e. The van der Waals surface area contributed by atoms with Crippen molar-refractivity contribution in [3.63, 3.8) is 0 Å². The lowest BCUT2D eigenvalue weighted by atomic mass is 9.54. The molecule has 4 saturated carbocycles. The van der Waals surface area contributed by atoms with Crippen molar-refractivity contribution in [2.75, 3.05) is 13.2 Å². The minimum absolute atomic E-state index is 0.0430. The Morgan fingerprint density at radius 3 is 1.94 bits per heavy atom. The van der Waals surface area contributed by atoms with Gasteiger partial charge in [-0.15, -0.1) is 0 Å². The number of carbonyl (C=O) groups excluding carboxylic acids is 1. The number of alkyl halides is 5. The van der Waals surface area contributed by atoms with Crippen molar-refractivity contribution in [3.05, 3.63) is 0 Å². The Hall–Kier alpha value is -1.05. The van der Waals surface area contributed by atoms with Gasteiger partial charge in [-0.05, 0) is 69.6 Å². The van der Waals surface area contributed by atoms with Gasteiger partial charge in [0.1, 0.15) is 5.60 Å². The van der Waals surface area contributed by atoms with E-state index in [1.807, 2.05) is 0 Å². The Balaban J connectivity index is 1.48. The van der Waals surface area contributed by atoms with Gasteiger partial charge >= 0.3 is 27.5 Å². The molecule has 5 fully saturated rings. The molecule has 1 heterocycles. The van der Waals surface area contributed by atoms with Gasteiger partial charge in [0.05, 0.1) is 13.2 Å². The molecule has 1 saturated heterocycles. The molecular formula is C20H27F5O7S. The van der Waals surface area contributed by atoms with Crippen molar-refractivity contribution in [2.24, 2.45) is 17.8 Å². The maximum Gasteiger partial charge on any atom is 0.466 e. The molecule has 7 nitrogen and oxygen atoms in total. The molecule has 0 aromatic carbocycles. The van der Waals surface area contributed by atoms with Crippen LogP contribution in [0.15, 0.2) is 0 Å². The average Bonchev–Trinajstić information content (AvgIpc) is 2.65. The zero-order valence-corrected chi connectivity index (χ0v) is 18.9. The van der Waals surface area contributed by atoms with Crippen LogP contribution in [-0.4, -0.2) is 56.5 Å². The van der Waals surface area contributed by atoms with E-state index in [2.05, 4.69) is 4.18 Å². The van der Waals surface area contributed by atoms with Crippen LogP contribution in [0.25, 0.3) is 0 Å². The SMILES string of the molecule is CC1(CC(OS(=O)(=O)C(F)(F)C(=O)OC23CC4CC(CC(C4)C2)C3)C(F)(F)F)OCCCO1. The van der Waals surface area contributed by atoms with Crippen LogP contribution in [0.3, 0.4) is 0 Å². The molecule has 0 aromatic heterocycles. The van der Waals surface area contributed by atoms with Crippen molar-refractivity contribution >= 4 is 16.1 Å². The predicted molar refractivity (Wildman–Crippen MR) is 101 cm³/mol. The number of ether oxygens (including phenoxy) is 3. The summed E-state index contributed by atoms with van der Waals surface area (Å²) in [5, 5.41) is -5.31. The summed E-state index contributed by atoms with van der Waals surface area (Å²) in [4.78, 5) is 12.3. The molecule has 1 unspecified atom stereocenters. The number of hydrogen-bond acceptors (Lipinski definition) is 7. The van der Waals surface area contributed by atoms with Crippen molar-refractivity contribution in [3.8, 4) is 0 Å². The minimum atomic E-state index is -6.34. The summed E-state index contributed by atoms with van der Waals surface area (Å²) >= 11 is 0. The van der Waals surface area contributed by atoms with Crippen molar-refractivity contribution in [1.82, 2.24) is 0 Å². The van der Waals surface area contributed by atoms with Gasteiger partial charge < -0.3 is 14.2 Å². The van der Waals surface area contributed by atoms with E-state index in [9.17, 15) is 35.2 Å². The average molecular weight is 506 g/mol. The zero-order chi connectivity index (χ0) is 24.3. The molecule has 5 aliphatic rings. The van der Waals surface area contributed by atoms with E-state index in [0.29, 0.717) is 25.7 Å². The van der Waals surface area contributed by atoms with E-state index in [4.69, 9.17) is 14.2 Å². The van der Waals surface area contributed by atoms with Gasteiger partial charge in [-0.1, -0.05) is 0 Å². The van der Waals surface area contributed by atoms with Gasteiger partial charge in [0.25, 0.3) is 0 Å². The number of hydrogen-bond donors (Lipinski definition) is 0. The van der Waals surface area contributed by atoms with E-state index in [1.54, 1.807) is 0 Å². The first kappa shape index (κ1) is 25.1. The maximum absolute atomic E-state index is 14.7. The maximum atomic E-state index is 14.7. The highest BCUT2D eigenvalue weighted by molar-refractivity contribution is 7.88. The molecule has 13 heteroatoms. The second kappa shape index (κ2) is 8.27. The first-order valence-corrected chi connectivity index (χ1v) is 12.4. The predicted octanol–water partition coefficient (Wildman–Crippen LogP) is 3.91. The Labute approximate surface area is 188 Å². The fourth-order valence-electron chi connectivity index (χ4n) is 6.06. The van der Waals surface area contributed by atoms with E-state index < -0.39 is 51.4 Å². The largest absolute Gasteiger partial charge is 0.466 e. The van der Waals surface area contributed by atoms with E-state index in [-0.39, 0.29) is 31.0 Å². The van der Waals surface area contributed by atoms with Crippen LogP contribution in [0.5, 0.6) is 0 Å². The summed E-state index contributed by atoms with van der Waals surface area (Å²) < 4.78 is 114. The van der Waals surface area contributed by atoms with Gasteiger partial charge in [0, 0.05) is 6.42 Å². The molecule has 0 N–H and O–H groups in total. The van der Waals surface area contributed by atoms with Crippen LogP contribution < -0.4 is 0 Å². The fourth-order valence-corrected chi connectivity index (χ4v) is 6.91. The van der Waals surface area contributed by atoms with E-state index in [0.717, 1.165) is 26.2 Å². The van der Waals surface area contributed by atoms with E-state index in [1.165, 1.54) is 0 Å². The Morgan fingerprint density at radius 2 is 1.48 bits per heavy atom. The van der Waals surface area contributed by atoms with Crippen molar-refractivity contribution < 1.29 is 53.6 Å². The van der Waals surface area contributed by atoms with Crippen molar-refractivity contribution in [2.45, 2.75) is 87.2 Å². The van der Waals surface area contributed by atoms with Crippen LogP contribution in [0, 0.1) is 17.8 Å². The molecular weight excluding hydrogens is 479 g/mol. The van der Waals surface area contributed by atoms with Crippen molar-refractivity contribution in [1.29, 1.82) is 0 Å². The molecule has 0 aromatic rings. The van der Waals surface area contributed by atoms with Gasteiger partial charge in [-0.25, -0.2) is 4.79 Å². The Kier molecular flexibility index (Phi) is 6.28. The summed E-state index contributed by atoms with van der Waals surface area (Å²) in [7, 11) is -6.34. The van der Waals surface area contributed by atoms with Crippen LogP contribution >= 0.6 is 0 Å². The highest BCUT2D eigenvalue weighted by Gasteiger charge is 2.63. The second-order valence-electron chi connectivity index (χ2n) is 9.98. The molecule has 190 valence electrons. The lowest BCUT2D eigenvalue weighted by molar-refractivity contribution is -0.288. The fraction of sp³-hybridized carbons (Fsp3) is 0.950. The number of esters is 1. The molecule has 4 bridgehead atoms. The summed E-state index contributed by atoms with van der Waals surface area (Å²) in [6, 6.07) is 0. The molecule has 33 heavy (non-hydrogen) atoms. The molecule has 1 atom stereocenters. The van der Waals surface area contributed by atoms with E-state index >= 15 is 0 Å². The molecule has 1 aliphatic heterocycles. The third kappa shape index (κ3) is 5.01. The topological polar surface area (TPSA) is 88.1 Å². The minimum Gasteiger partial charge on any atom is -0.454 e. The zero-order valence-electron chi connectivity index (χ0n) is 18.0. The lowest BCUT2D eigenvalue weighted by Crippen LogP contribution is -2.55. The monoisotopic (exact) mass is 506 g/mol. The van der Waals surface area contributed by atoms with Crippen LogP contribution in [-0.2, 0) is 33.3 Å². The first-order chi connectivity index (χ1) is 15.1. The second-order valence-corrected chi connectivity index (χ2v) is 11.6. The van der Waals surface area contributed by atoms with Gasteiger partial charge in [-0.2, -0.15) is 30.4 Å². The van der Waals surface area contributed by atoms with Crippen LogP contribution in [0.4, 0.5) is 22.0 Å². The Morgan fingerprint density at radius 1 is 1.00 bits per heavy atom. The molecule has 4 aliphatic carbocycles. The van der Waals surface area contributed by atoms with Gasteiger partial charge in [0.15, 0.2) is 11.9 Å². The standard InChI is InChI=1S/C20H27F5O7S/c1-17(29-3-2-4-30-17)11-15(19(21,22)23)32-33(27,28)20(24,25)16(26)31-18-8-12-5-13(9-18)7-14(6-12)10-18/h12-15H,2-11H2,1H3. The highest BCUT2D eigenvalue weighted by atomic mass is 32.2.